The van der Waals surface area contributed by atoms with Crippen molar-refractivity contribution >= 4 is 49.3 Å². The fourth-order valence-electron chi connectivity index (χ4n) is 1.29. The average Bonchev–Trinajstić information content (AvgIpc) is 2.32. The van der Waals surface area contributed by atoms with Gasteiger partial charge in [0, 0.05) is 18.7 Å². The lowest BCUT2D eigenvalue weighted by Crippen LogP contribution is -1.75. The lowest BCUT2D eigenvalue weighted by atomic mass is 10.3. The van der Waals surface area contributed by atoms with Gasteiger partial charge >= 0.3 is 0 Å². The van der Waals surface area contributed by atoms with E-state index in [0.717, 1.165) is 18.7 Å². The number of halogens is 2. The van der Waals surface area contributed by atoms with E-state index in [9.17, 15) is 0 Å². The largest absolute Gasteiger partial charge is 0.237 e. The quantitative estimate of drug-likeness (QED) is 0.596. The van der Waals surface area contributed by atoms with Crippen molar-refractivity contribution in [1.29, 1.82) is 0 Å². The smallest absolute Gasteiger partial charge is 0.200 e. The predicted octanol–water partition coefficient (Wildman–Crippen LogP) is 5.91. The van der Waals surface area contributed by atoms with Crippen molar-refractivity contribution in [3.05, 3.63) is 62.8 Å². The first kappa shape index (κ1) is 12.7. The third-order valence-electron chi connectivity index (χ3n) is 2.08. The van der Waals surface area contributed by atoms with Crippen molar-refractivity contribution in [2.24, 2.45) is 0 Å². The van der Waals surface area contributed by atoms with Gasteiger partial charge in [0.2, 0.25) is 5.69 Å². The molecule has 0 atom stereocenters. The fourth-order valence-corrected chi connectivity index (χ4v) is 3.00. The molecular weight excluding hydrogens is 362 g/mol. The van der Waals surface area contributed by atoms with Gasteiger partial charge in [-0.05, 0) is 30.3 Å². The Bertz CT molecular complexity index is 573. The molecule has 1 nitrogen and oxygen atoms in total. The van der Waals surface area contributed by atoms with Crippen molar-refractivity contribution in [1.82, 2.24) is 0 Å². The standard InChI is InChI=1S/C13H7Br2NS/c1-16-12-7-4-10(15)8-13(12)17-11-5-2-9(14)3-6-11/h2-8H. The zero-order valence-corrected chi connectivity index (χ0v) is 12.6. The minimum atomic E-state index is 0.682. The maximum Gasteiger partial charge on any atom is 0.200 e. The molecule has 2 rings (SSSR count). The molecule has 0 amide bonds. The normalized spacial score (nSPS) is 9.94. The zero-order chi connectivity index (χ0) is 12.3. The number of hydrogen-bond donors (Lipinski definition) is 0. The van der Waals surface area contributed by atoms with Gasteiger partial charge in [-0.1, -0.05) is 44.0 Å². The number of rotatable bonds is 2. The number of benzene rings is 2. The van der Waals surface area contributed by atoms with Crippen molar-refractivity contribution in [2.45, 2.75) is 9.79 Å². The van der Waals surface area contributed by atoms with E-state index in [0.29, 0.717) is 5.69 Å². The Balaban J connectivity index is 2.32. The van der Waals surface area contributed by atoms with Crippen LogP contribution < -0.4 is 0 Å². The Kier molecular flexibility index (Phi) is 4.27. The van der Waals surface area contributed by atoms with E-state index in [1.54, 1.807) is 11.8 Å². The van der Waals surface area contributed by atoms with Crippen LogP contribution in [-0.4, -0.2) is 0 Å². The zero-order valence-electron chi connectivity index (χ0n) is 8.65. The Morgan fingerprint density at radius 2 is 1.59 bits per heavy atom. The van der Waals surface area contributed by atoms with Crippen molar-refractivity contribution in [3.8, 4) is 0 Å². The van der Waals surface area contributed by atoms with E-state index >= 15 is 0 Å². The van der Waals surface area contributed by atoms with E-state index in [-0.39, 0.29) is 0 Å². The molecule has 0 radical (unpaired) electrons. The highest BCUT2D eigenvalue weighted by atomic mass is 79.9. The Morgan fingerprint density at radius 1 is 0.941 bits per heavy atom. The van der Waals surface area contributed by atoms with Gasteiger partial charge in [-0.15, -0.1) is 11.8 Å². The summed E-state index contributed by atoms with van der Waals surface area (Å²) in [6.45, 7) is 7.14. The summed E-state index contributed by atoms with van der Waals surface area (Å²) in [6.07, 6.45) is 0. The summed E-state index contributed by atoms with van der Waals surface area (Å²) >= 11 is 8.43. The molecule has 0 spiro atoms. The molecule has 2 aromatic carbocycles. The maximum atomic E-state index is 7.14. The average molecular weight is 369 g/mol. The molecule has 0 fully saturated rings. The van der Waals surface area contributed by atoms with Crippen molar-refractivity contribution in [2.75, 3.05) is 0 Å². The molecule has 0 saturated carbocycles. The molecule has 4 heteroatoms. The molecule has 0 aromatic heterocycles. The van der Waals surface area contributed by atoms with E-state index in [2.05, 4.69) is 36.7 Å². The lowest BCUT2D eigenvalue weighted by molar-refractivity contribution is 1.40. The summed E-state index contributed by atoms with van der Waals surface area (Å²) in [5.74, 6) is 0. The van der Waals surface area contributed by atoms with E-state index < -0.39 is 0 Å². The van der Waals surface area contributed by atoms with E-state index in [1.807, 2.05) is 42.5 Å². The molecular formula is C13H7Br2NS. The number of nitrogens with zero attached hydrogens (tertiary/aromatic N) is 1. The molecule has 0 aliphatic heterocycles. The minimum Gasteiger partial charge on any atom is -0.237 e. The highest BCUT2D eigenvalue weighted by Crippen LogP contribution is 2.37. The second kappa shape index (κ2) is 5.72. The van der Waals surface area contributed by atoms with Gasteiger partial charge in [0.05, 0.1) is 6.57 Å². The molecule has 0 aliphatic rings. The van der Waals surface area contributed by atoms with Crippen LogP contribution in [0.4, 0.5) is 5.69 Å². The van der Waals surface area contributed by atoms with Crippen LogP contribution in [0, 0.1) is 6.57 Å². The molecule has 0 saturated heterocycles. The Hall–Kier alpha value is -0.760. The molecule has 0 unspecified atom stereocenters. The monoisotopic (exact) mass is 367 g/mol. The van der Waals surface area contributed by atoms with Crippen LogP contribution in [0.5, 0.6) is 0 Å². The first-order chi connectivity index (χ1) is 8.19. The van der Waals surface area contributed by atoms with Crippen molar-refractivity contribution < 1.29 is 0 Å². The molecule has 0 heterocycles. The molecule has 17 heavy (non-hydrogen) atoms. The van der Waals surface area contributed by atoms with Gasteiger partial charge in [-0.2, -0.15) is 0 Å². The van der Waals surface area contributed by atoms with E-state index in [4.69, 9.17) is 6.57 Å². The minimum absolute atomic E-state index is 0.682. The van der Waals surface area contributed by atoms with Crippen molar-refractivity contribution in [3.63, 3.8) is 0 Å². The fraction of sp³-hybridized carbons (Fsp3) is 0. The summed E-state index contributed by atoms with van der Waals surface area (Å²) in [7, 11) is 0. The highest BCUT2D eigenvalue weighted by Gasteiger charge is 2.05. The summed E-state index contributed by atoms with van der Waals surface area (Å²) in [5.41, 5.74) is 0.682. The lowest BCUT2D eigenvalue weighted by Gasteiger charge is -2.05. The first-order valence-electron chi connectivity index (χ1n) is 4.79. The van der Waals surface area contributed by atoms with Crippen LogP contribution in [0.3, 0.4) is 0 Å². The maximum absolute atomic E-state index is 7.14. The van der Waals surface area contributed by atoms with Crippen LogP contribution in [0.25, 0.3) is 4.85 Å². The Morgan fingerprint density at radius 3 is 2.24 bits per heavy atom. The van der Waals surface area contributed by atoms with Crippen LogP contribution in [0.15, 0.2) is 61.2 Å². The molecule has 0 aliphatic carbocycles. The second-order valence-electron chi connectivity index (χ2n) is 3.28. The Labute approximate surface area is 121 Å². The summed E-state index contributed by atoms with van der Waals surface area (Å²) in [4.78, 5) is 5.62. The first-order valence-corrected chi connectivity index (χ1v) is 7.20. The summed E-state index contributed by atoms with van der Waals surface area (Å²) in [6, 6.07) is 13.7. The molecule has 2 aromatic rings. The summed E-state index contributed by atoms with van der Waals surface area (Å²) in [5, 5.41) is 0. The van der Waals surface area contributed by atoms with Gasteiger partial charge < -0.3 is 0 Å². The van der Waals surface area contributed by atoms with Gasteiger partial charge in [0.15, 0.2) is 0 Å². The van der Waals surface area contributed by atoms with Crippen LogP contribution in [0.2, 0.25) is 0 Å². The van der Waals surface area contributed by atoms with Gasteiger partial charge in [-0.3, -0.25) is 0 Å². The predicted molar refractivity (Wildman–Crippen MR) is 78.7 cm³/mol. The van der Waals surface area contributed by atoms with Gasteiger partial charge in [-0.25, -0.2) is 4.85 Å². The summed E-state index contributed by atoms with van der Waals surface area (Å²) < 4.78 is 2.05. The highest BCUT2D eigenvalue weighted by molar-refractivity contribution is 9.10. The molecule has 0 bridgehead atoms. The number of hydrogen-bond acceptors (Lipinski definition) is 1. The third kappa shape index (κ3) is 3.35. The van der Waals surface area contributed by atoms with E-state index in [1.165, 1.54) is 0 Å². The van der Waals surface area contributed by atoms with Crippen LogP contribution in [-0.2, 0) is 0 Å². The third-order valence-corrected chi connectivity index (χ3v) is 4.16. The van der Waals surface area contributed by atoms with Crippen LogP contribution in [0.1, 0.15) is 0 Å². The van der Waals surface area contributed by atoms with Gasteiger partial charge in [0.25, 0.3) is 0 Å². The molecule has 0 N–H and O–H groups in total. The van der Waals surface area contributed by atoms with Crippen LogP contribution >= 0.6 is 43.6 Å². The molecule has 84 valence electrons. The SMILES string of the molecule is [C-]#[N+]c1ccc(Br)cc1Sc1ccc(Br)cc1. The second-order valence-corrected chi connectivity index (χ2v) is 6.23. The van der Waals surface area contributed by atoms with Gasteiger partial charge in [0.1, 0.15) is 0 Å². The topological polar surface area (TPSA) is 4.36 Å².